The Balaban J connectivity index is 1.50. The fourth-order valence-electron chi connectivity index (χ4n) is 3.17. The number of carbonyl (C=O) groups excluding carboxylic acids is 2. The Morgan fingerprint density at radius 2 is 1.71 bits per heavy atom. The second-order valence-corrected chi connectivity index (χ2v) is 8.13. The second-order valence-electron chi connectivity index (χ2n) is 7.27. The van der Waals surface area contributed by atoms with Gasteiger partial charge in [-0.1, -0.05) is 24.3 Å². The quantitative estimate of drug-likeness (QED) is 0.347. The van der Waals surface area contributed by atoms with Gasteiger partial charge in [-0.15, -0.1) is 11.3 Å². The average Bonchev–Trinajstić information content (AvgIpc) is 3.26. The summed E-state index contributed by atoms with van der Waals surface area (Å²) >= 11 is 1.19. The zero-order valence-electron chi connectivity index (χ0n) is 18.0. The highest BCUT2D eigenvalue weighted by molar-refractivity contribution is 7.14. The lowest BCUT2D eigenvalue weighted by atomic mass is 10.1. The molecule has 0 radical (unpaired) electrons. The van der Waals surface area contributed by atoms with Crippen molar-refractivity contribution in [3.8, 4) is 17.0 Å². The topological polar surface area (TPSA) is 80.3 Å². The summed E-state index contributed by atoms with van der Waals surface area (Å²) in [7, 11) is 0. The molecule has 0 aliphatic heterocycles. The van der Waals surface area contributed by atoms with E-state index in [2.05, 4.69) is 15.6 Å². The van der Waals surface area contributed by atoms with Gasteiger partial charge in [0.05, 0.1) is 16.9 Å². The van der Waals surface area contributed by atoms with Crippen LogP contribution in [0.5, 0.6) is 5.75 Å². The Bertz CT molecular complexity index is 1340. The van der Waals surface area contributed by atoms with Gasteiger partial charge in [0.1, 0.15) is 24.0 Å². The molecule has 0 atom stereocenters. The number of benzene rings is 3. The monoisotopic (exact) mass is 479 g/mol. The van der Waals surface area contributed by atoms with Crippen molar-refractivity contribution in [1.82, 2.24) is 4.98 Å². The first-order chi connectivity index (χ1) is 16.4. The summed E-state index contributed by atoms with van der Waals surface area (Å²) in [6.07, 6.45) is 0. The van der Waals surface area contributed by atoms with E-state index in [4.69, 9.17) is 4.74 Å². The van der Waals surface area contributed by atoms with Gasteiger partial charge in [-0.05, 0) is 48.0 Å². The number of rotatable bonds is 7. The third kappa shape index (κ3) is 5.62. The summed E-state index contributed by atoms with van der Waals surface area (Å²) in [5.74, 6) is -1.22. The van der Waals surface area contributed by atoms with Crippen LogP contribution in [-0.4, -0.2) is 16.8 Å². The van der Waals surface area contributed by atoms with E-state index >= 15 is 0 Å². The maximum absolute atomic E-state index is 13.7. The van der Waals surface area contributed by atoms with Crippen LogP contribution in [0.15, 0.2) is 72.1 Å². The Labute approximate surface area is 198 Å². The highest BCUT2D eigenvalue weighted by Gasteiger charge is 2.16. The van der Waals surface area contributed by atoms with E-state index in [0.717, 1.165) is 5.56 Å². The van der Waals surface area contributed by atoms with Crippen LogP contribution in [0.2, 0.25) is 0 Å². The van der Waals surface area contributed by atoms with Gasteiger partial charge in [0, 0.05) is 17.9 Å². The van der Waals surface area contributed by atoms with E-state index in [9.17, 15) is 18.4 Å². The van der Waals surface area contributed by atoms with Crippen LogP contribution in [0.4, 0.5) is 19.6 Å². The molecule has 2 N–H and O–H groups in total. The molecular formula is C25H19F2N3O3S. The van der Waals surface area contributed by atoms with Crippen LogP contribution in [0.25, 0.3) is 11.3 Å². The molecule has 1 heterocycles. The fraction of sp³-hybridized carbons (Fsp3) is 0.0800. The molecule has 9 heteroatoms. The summed E-state index contributed by atoms with van der Waals surface area (Å²) in [6, 6.07) is 16.7. The molecule has 4 aromatic rings. The normalized spacial score (nSPS) is 10.6. The van der Waals surface area contributed by atoms with E-state index < -0.39 is 11.7 Å². The van der Waals surface area contributed by atoms with Crippen molar-refractivity contribution in [2.24, 2.45) is 0 Å². The van der Waals surface area contributed by atoms with E-state index in [1.807, 2.05) is 0 Å². The molecule has 0 aliphatic rings. The Kier molecular flexibility index (Phi) is 6.93. The summed E-state index contributed by atoms with van der Waals surface area (Å²) in [4.78, 5) is 28.8. The van der Waals surface area contributed by atoms with Crippen LogP contribution >= 0.6 is 11.3 Å². The lowest BCUT2D eigenvalue weighted by Crippen LogP contribution is -2.13. The third-order valence-electron chi connectivity index (χ3n) is 4.73. The molecule has 4 rings (SSSR count). The van der Waals surface area contributed by atoms with Crippen molar-refractivity contribution in [2.75, 3.05) is 10.6 Å². The summed E-state index contributed by atoms with van der Waals surface area (Å²) < 4.78 is 32.5. The number of nitrogens with one attached hydrogen (secondary N) is 2. The molecule has 0 spiro atoms. The van der Waals surface area contributed by atoms with Crippen molar-refractivity contribution in [3.05, 3.63) is 94.9 Å². The number of aromatic nitrogens is 1. The summed E-state index contributed by atoms with van der Waals surface area (Å²) in [5, 5.41) is 7.36. The third-order valence-corrected chi connectivity index (χ3v) is 5.49. The predicted molar refractivity (Wildman–Crippen MR) is 127 cm³/mol. The number of para-hydroxylation sites is 1. The van der Waals surface area contributed by atoms with Crippen LogP contribution in [0.1, 0.15) is 22.8 Å². The number of halogens is 2. The van der Waals surface area contributed by atoms with Gasteiger partial charge >= 0.3 is 0 Å². The van der Waals surface area contributed by atoms with Crippen LogP contribution in [-0.2, 0) is 11.4 Å². The molecular weight excluding hydrogens is 460 g/mol. The number of ether oxygens (including phenoxy) is 1. The van der Waals surface area contributed by atoms with Gasteiger partial charge in [0.2, 0.25) is 5.91 Å². The fourth-order valence-corrected chi connectivity index (χ4v) is 3.88. The zero-order chi connectivity index (χ0) is 24.1. The van der Waals surface area contributed by atoms with Crippen LogP contribution in [0.3, 0.4) is 0 Å². The van der Waals surface area contributed by atoms with Gasteiger partial charge < -0.3 is 10.1 Å². The molecule has 6 nitrogen and oxygen atoms in total. The predicted octanol–water partition coefficient (Wildman–Crippen LogP) is 5.88. The van der Waals surface area contributed by atoms with Gasteiger partial charge in [0.25, 0.3) is 5.91 Å². The number of amides is 2. The van der Waals surface area contributed by atoms with Crippen molar-refractivity contribution in [2.45, 2.75) is 13.5 Å². The van der Waals surface area contributed by atoms with E-state index in [-0.39, 0.29) is 24.0 Å². The summed E-state index contributed by atoms with van der Waals surface area (Å²) in [5.41, 5.74) is 2.36. The van der Waals surface area contributed by atoms with Crippen LogP contribution < -0.4 is 15.4 Å². The maximum atomic E-state index is 13.7. The number of nitrogens with zero attached hydrogens (tertiary/aromatic N) is 1. The van der Waals surface area contributed by atoms with Crippen molar-refractivity contribution < 1.29 is 23.1 Å². The van der Waals surface area contributed by atoms with Gasteiger partial charge in [-0.2, -0.15) is 0 Å². The van der Waals surface area contributed by atoms with E-state index in [1.165, 1.54) is 48.6 Å². The van der Waals surface area contributed by atoms with Crippen molar-refractivity contribution in [3.63, 3.8) is 0 Å². The smallest absolute Gasteiger partial charge is 0.261 e. The lowest BCUT2D eigenvalue weighted by molar-refractivity contribution is -0.114. The molecule has 0 unspecified atom stereocenters. The molecule has 0 fully saturated rings. The number of thiazole rings is 1. The molecule has 0 saturated heterocycles. The molecule has 0 bridgehead atoms. The van der Waals surface area contributed by atoms with Crippen molar-refractivity contribution >= 4 is 34.0 Å². The molecule has 172 valence electrons. The maximum Gasteiger partial charge on any atom is 0.261 e. The molecule has 2 amide bonds. The number of anilines is 2. The largest absolute Gasteiger partial charge is 0.488 e. The summed E-state index contributed by atoms with van der Waals surface area (Å²) in [6.45, 7) is 1.50. The van der Waals surface area contributed by atoms with E-state index in [1.54, 1.807) is 41.8 Å². The Hall–Kier alpha value is -4.11. The highest BCUT2D eigenvalue weighted by Crippen LogP contribution is 2.32. The minimum Gasteiger partial charge on any atom is -0.488 e. The second kappa shape index (κ2) is 10.2. The van der Waals surface area contributed by atoms with Gasteiger partial charge in [0.15, 0.2) is 5.13 Å². The SMILES string of the molecule is CC(=O)Nc1cc(F)ccc1-c1csc(NC(=O)c2ccccc2OCc2ccc(F)cc2)n1. The minimum absolute atomic E-state index is 0.169. The number of hydrogen-bond acceptors (Lipinski definition) is 5. The molecule has 1 aromatic heterocycles. The Morgan fingerprint density at radius 3 is 2.47 bits per heavy atom. The van der Waals surface area contributed by atoms with Gasteiger partial charge in [-0.25, -0.2) is 13.8 Å². The highest BCUT2D eigenvalue weighted by atomic mass is 32.1. The number of carbonyl (C=O) groups is 2. The molecule has 34 heavy (non-hydrogen) atoms. The zero-order valence-corrected chi connectivity index (χ0v) is 18.8. The number of hydrogen-bond donors (Lipinski definition) is 2. The van der Waals surface area contributed by atoms with Crippen LogP contribution in [0, 0.1) is 11.6 Å². The average molecular weight is 480 g/mol. The minimum atomic E-state index is -0.492. The lowest BCUT2D eigenvalue weighted by Gasteiger charge is -2.11. The molecule has 0 saturated carbocycles. The van der Waals surface area contributed by atoms with Crippen molar-refractivity contribution in [1.29, 1.82) is 0 Å². The first kappa shape index (κ1) is 23.1. The Morgan fingerprint density at radius 1 is 0.971 bits per heavy atom. The molecule has 3 aromatic carbocycles. The first-order valence-electron chi connectivity index (χ1n) is 10.2. The standard InChI is InChI=1S/C25H19F2N3O3S/c1-15(31)28-21-12-18(27)10-11-19(21)22-14-34-25(29-22)30-24(32)20-4-2-3-5-23(20)33-13-16-6-8-17(26)9-7-16/h2-12,14H,13H2,1H3,(H,28,31)(H,29,30,32). The van der Waals surface area contributed by atoms with Gasteiger partial charge in [-0.3, -0.25) is 14.9 Å². The first-order valence-corrected chi connectivity index (χ1v) is 11.1. The molecule has 0 aliphatic carbocycles. The van der Waals surface area contributed by atoms with E-state index in [0.29, 0.717) is 27.7 Å².